The molecule has 0 radical (unpaired) electrons. The Hall–Kier alpha value is -2.74. The third-order valence-electron chi connectivity index (χ3n) is 6.19. The van der Waals surface area contributed by atoms with Gasteiger partial charge in [0.15, 0.2) is 0 Å². The van der Waals surface area contributed by atoms with Crippen LogP contribution in [-0.2, 0) is 20.8 Å². The number of rotatable bonds is 7. The molecular weight excluding hydrogens is 437 g/mol. The molecule has 0 saturated heterocycles. The normalized spacial score (nSPS) is 18.0. The standard InChI is InChI=1S/C22H31N3O2.C4H7FO2/c1-16(23)22(27)24-19(15-17-7-3-2-4-8-17)11-12-21(26)25-14-13-18-9-5-6-10-20(18)25;1-4(2,5)3(6)7/h5-6,9-12,16-17,19H,2-4,7-8,13-15,23H2,1H3,(H,24,27);1-2H3,(H,6,7)/b12-11+;/t16-,19+;/m0./s1. The van der Waals surface area contributed by atoms with Gasteiger partial charge in [0.05, 0.1) is 6.04 Å². The highest BCUT2D eigenvalue weighted by Gasteiger charge is 2.25. The number of carbonyl (C=O) groups excluding carboxylic acids is 2. The summed E-state index contributed by atoms with van der Waals surface area (Å²) in [5.74, 6) is -1.01. The van der Waals surface area contributed by atoms with Crippen LogP contribution in [0.15, 0.2) is 36.4 Å². The Balaban J connectivity index is 0.000000509. The number of hydrogen-bond donors (Lipinski definition) is 3. The summed E-state index contributed by atoms with van der Waals surface area (Å²) in [5, 5.41) is 10.9. The summed E-state index contributed by atoms with van der Waals surface area (Å²) in [5.41, 5.74) is 5.84. The number of para-hydroxylation sites is 1. The van der Waals surface area contributed by atoms with Gasteiger partial charge in [0.2, 0.25) is 11.6 Å². The van der Waals surface area contributed by atoms with Crippen LogP contribution in [0.4, 0.5) is 10.1 Å². The van der Waals surface area contributed by atoms with E-state index in [4.69, 9.17) is 10.8 Å². The van der Waals surface area contributed by atoms with Gasteiger partial charge < -0.3 is 21.1 Å². The van der Waals surface area contributed by atoms with E-state index in [1.54, 1.807) is 13.0 Å². The largest absolute Gasteiger partial charge is 0.479 e. The fourth-order valence-electron chi connectivity index (χ4n) is 4.14. The molecule has 1 aliphatic heterocycles. The molecule has 1 aromatic rings. The lowest BCUT2D eigenvalue weighted by molar-refractivity contribution is -0.148. The minimum Gasteiger partial charge on any atom is -0.479 e. The van der Waals surface area contributed by atoms with E-state index < -0.39 is 17.7 Å². The number of benzene rings is 1. The predicted molar refractivity (Wildman–Crippen MR) is 131 cm³/mol. The number of hydrogen-bond acceptors (Lipinski definition) is 4. The Bertz CT molecular complexity index is 873. The Morgan fingerprint density at radius 2 is 1.85 bits per heavy atom. The number of carboxylic acid groups (broad SMARTS) is 1. The van der Waals surface area contributed by atoms with Crippen LogP contribution in [-0.4, -0.2) is 47.2 Å². The summed E-state index contributed by atoms with van der Waals surface area (Å²) >= 11 is 0. The second kappa shape index (κ2) is 12.6. The topological polar surface area (TPSA) is 113 Å². The monoisotopic (exact) mass is 475 g/mol. The summed E-state index contributed by atoms with van der Waals surface area (Å²) in [6.45, 7) is 4.38. The van der Waals surface area contributed by atoms with Gasteiger partial charge in [-0.2, -0.15) is 0 Å². The molecule has 1 aromatic carbocycles. The lowest BCUT2D eigenvalue weighted by Crippen LogP contribution is -2.44. The first-order valence-corrected chi connectivity index (χ1v) is 12.0. The quantitative estimate of drug-likeness (QED) is 0.520. The third-order valence-corrected chi connectivity index (χ3v) is 6.19. The van der Waals surface area contributed by atoms with E-state index in [1.807, 2.05) is 29.2 Å². The minimum atomic E-state index is -2.08. The maximum Gasteiger partial charge on any atom is 0.340 e. The molecule has 1 aliphatic carbocycles. The van der Waals surface area contributed by atoms with Gasteiger partial charge in [0.25, 0.3) is 5.91 Å². The van der Waals surface area contributed by atoms with Crippen LogP contribution < -0.4 is 16.0 Å². The van der Waals surface area contributed by atoms with Gasteiger partial charge in [0.1, 0.15) is 0 Å². The highest BCUT2D eigenvalue weighted by atomic mass is 19.1. The molecule has 1 saturated carbocycles. The summed E-state index contributed by atoms with van der Waals surface area (Å²) in [7, 11) is 0. The summed E-state index contributed by atoms with van der Waals surface area (Å²) in [6.07, 6.45) is 11.5. The number of alkyl halides is 1. The van der Waals surface area contributed by atoms with Gasteiger partial charge in [-0.15, -0.1) is 0 Å². The second-order valence-electron chi connectivity index (χ2n) is 9.65. The van der Waals surface area contributed by atoms with Gasteiger partial charge in [-0.25, -0.2) is 9.18 Å². The van der Waals surface area contributed by atoms with E-state index in [2.05, 4.69) is 11.4 Å². The molecule has 8 heteroatoms. The smallest absolute Gasteiger partial charge is 0.340 e. The maximum atomic E-state index is 12.7. The van der Waals surface area contributed by atoms with Gasteiger partial charge in [0, 0.05) is 24.4 Å². The van der Waals surface area contributed by atoms with Gasteiger partial charge in [-0.05, 0) is 51.2 Å². The fraction of sp³-hybridized carbons (Fsp3) is 0.577. The number of halogens is 1. The number of nitrogens with one attached hydrogen (secondary N) is 1. The van der Waals surface area contributed by atoms with Crippen molar-refractivity contribution in [2.45, 2.75) is 83.5 Å². The van der Waals surface area contributed by atoms with Crippen LogP contribution in [0.25, 0.3) is 0 Å². The molecule has 1 fully saturated rings. The van der Waals surface area contributed by atoms with Crippen LogP contribution in [0.2, 0.25) is 0 Å². The number of anilines is 1. The van der Waals surface area contributed by atoms with Crippen molar-refractivity contribution in [3.05, 3.63) is 42.0 Å². The van der Waals surface area contributed by atoms with E-state index in [9.17, 15) is 18.8 Å². The molecule has 2 atom stereocenters. The van der Waals surface area contributed by atoms with E-state index >= 15 is 0 Å². The highest BCUT2D eigenvalue weighted by molar-refractivity contribution is 6.03. The van der Waals surface area contributed by atoms with Crippen molar-refractivity contribution in [1.29, 1.82) is 0 Å². The molecule has 2 aliphatic rings. The van der Waals surface area contributed by atoms with E-state index in [-0.39, 0.29) is 17.9 Å². The molecule has 0 aromatic heterocycles. The Labute approximate surface area is 201 Å². The summed E-state index contributed by atoms with van der Waals surface area (Å²) in [4.78, 5) is 36.3. The van der Waals surface area contributed by atoms with Crippen molar-refractivity contribution in [1.82, 2.24) is 5.32 Å². The molecule has 2 amide bonds. The second-order valence-corrected chi connectivity index (χ2v) is 9.65. The number of amides is 2. The molecule has 0 bridgehead atoms. The number of nitrogens with zero attached hydrogens (tertiary/aromatic N) is 1. The molecule has 1 heterocycles. The van der Waals surface area contributed by atoms with Crippen molar-refractivity contribution in [2.24, 2.45) is 11.7 Å². The van der Waals surface area contributed by atoms with E-state index in [0.29, 0.717) is 12.5 Å². The van der Waals surface area contributed by atoms with Crippen molar-refractivity contribution in [3.63, 3.8) is 0 Å². The lowest BCUT2D eigenvalue weighted by Gasteiger charge is -2.26. The molecule has 188 valence electrons. The maximum absolute atomic E-state index is 12.7. The molecule has 3 rings (SSSR count). The van der Waals surface area contributed by atoms with Crippen molar-refractivity contribution in [3.8, 4) is 0 Å². The molecule has 0 spiro atoms. The average molecular weight is 476 g/mol. The molecule has 7 nitrogen and oxygen atoms in total. The summed E-state index contributed by atoms with van der Waals surface area (Å²) in [6, 6.07) is 7.34. The third kappa shape index (κ3) is 8.56. The van der Waals surface area contributed by atoms with Gasteiger partial charge in [-0.3, -0.25) is 9.59 Å². The van der Waals surface area contributed by atoms with Crippen molar-refractivity contribution < 1.29 is 23.9 Å². The molecule has 4 N–H and O–H groups in total. The SMILES string of the molecule is CC(C)(F)C(=O)O.C[C@H](N)C(=O)N[C@H](/C=C/C(=O)N1CCc2ccccc21)CC1CCCCC1. The Morgan fingerprint density at radius 1 is 1.24 bits per heavy atom. The van der Waals surface area contributed by atoms with Crippen LogP contribution in [0, 0.1) is 5.92 Å². The number of nitrogens with two attached hydrogens (primary N) is 1. The number of aliphatic carboxylic acids is 1. The zero-order valence-corrected chi connectivity index (χ0v) is 20.4. The Kier molecular flexibility index (Phi) is 10.2. The molecule has 34 heavy (non-hydrogen) atoms. The van der Waals surface area contributed by atoms with Crippen LogP contribution >= 0.6 is 0 Å². The van der Waals surface area contributed by atoms with Gasteiger partial charge in [-0.1, -0.05) is 56.4 Å². The molecule has 0 unspecified atom stereocenters. The lowest BCUT2D eigenvalue weighted by atomic mass is 9.84. The average Bonchev–Trinajstić information content (AvgIpc) is 3.22. The predicted octanol–water partition coefficient (Wildman–Crippen LogP) is 3.75. The summed E-state index contributed by atoms with van der Waals surface area (Å²) < 4.78 is 11.9. The minimum absolute atomic E-state index is 0.0244. The molecular formula is C26H38FN3O4. The zero-order chi connectivity index (χ0) is 25.3. The first-order valence-electron chi connectivity index (χ1n) is 12.0. The number of carboxylic acids is 1. The van der Waals surface area contributed by atoms with Crippen molar-refractivity contribution in [2.75, 3.05) is 11.4 Å². The van der Waals surface area contributed by atoms with Crippen LogP contribution in [0.3, 0.4) is 0 Å². The van der Waals surface area contributed by atoms with Gasteiger partial charge >= 0.3 is 5.97 Å². The van der Waals surface area contributed by atoms with Crippen LogP contribution in [0.1, 0.15) is 64.9 Å². The first-order chi connectivity index (χ1) is 16.0. The zero-order valence-electron chi connectivity index (χ0n) is 20.4. The number of fused-ring (bicyclic) bond motifs is 1. The Morgan fingerprint density at radius 3 is 2.44 bits per heavy atom. The first kappa shape index (κ1) is 27.5. The van der Waals surface area contributed by atoms with Crippen molar-refractivity contribution >= 4 is 23.5 Å². The van der Waals surface area contributed by atoms with E-state index in [1.165, 1.54) is 37.7 Å². The van der Waals surface area contributed by atoms with E-state index in [0.717, 1.165) is 32.4 Å². The van der Waals surface area contributed by atoms with Crippen LogP contribution in [0.5, 0.6) is 0 Å². The fourth-order valence-corrected chi connectivity index (χ4v) is 4.14. The number of carbonyl (C=O) groups is 3. The highest BCUT2D eigenvalue weighted by Crippen LogP contribution is 2.29.